The molecule has 1 heterocycles. The monoisotopic (exact) mass is 323 g/mol. The van der Waals surface area contributed by atoms with Crippen LogP contribution in [0, 0.1) is 13.8 Å². The van der Waals surface area contributed by atoms with Gasteiger partial charge in [0.2, 0.25) is 5.78 Å². The molecule has 0 fully saturated rings. The van der Waals surface area contributed by atoms with Gasteiger partial charge in [-0.25, -0.2) is 4.98 Å². The Bertz CT molecular complexity index is 836. The number of aryl methyl sites for hydroxylation is 2. The van der Waals surface area contributed by atoms with E-state index in [-0.39, 0.29) is 11.6 Å². The number of anilines is 3. The van der Waals surface area contributed by atoms with Crippen LogP contribution >= 0.6 is 11.3 Å². The third-order valence-electron chi connectivity index (χ3n) is 3.61. The van der Waals surface area contributed by atoms with Crippen molar-refractivity contribution in [2.45, 2.75) is 13.8 Å². The first kappa shape index (κ1) is 15.2. The van der Waals surface area contributed by atoms with E-state index in [1.165, 1.54) is 11.3 Å². The third-order valence-corrected chi connectivity index (χ3v) is 4.59. The zero-order chi connectivity index (χ0) is 16.4. The van der Waals surface area contributed by atoms with Gasteiger partial charge in [-0.15, -0.1) is 0 Å². The van der Waals surface area contributed by atoms with E-state index in [2.05, 4.69) is 10.3 Å². The quantitative estimate of drug-likeness (QED) is 0.702. The van der Waals surface area contributed by atoms with Crippen LogP contribution in [0.25, 0.3) is 0 Å². The zero-order valence-electron chi connectivity index (χ0n) is 13.0. The van der Waals surface area contributed by atoms with Gasteiger partial charge >= 0.3 is 0 Å². The van der Waals surface area contributed by atoms with Crippen molar-refractivity contribution >= 4 is 33.8 Å². The molecule has 5 heteroatoms. The normalized spacial score (nSPS) is 10.5. The summed E-state index contributed by atoms with van der Waals surface area (Å²) in [6.07, 6.45) is 0. The Morgan fingerprint density at radius 1 is 1.04 bits per heavy atom. The zero-order valence-corrected chi connectivity index (χ0v) is 13.8. The van der Waals surface area contributed by atoms with Crippen LogP contribution in [0.4, 0.5) is 16.6 Å². The minimum Gasteiger partial charge on any atom is -0.382 e. The molecule has 3 aromatic rings. The number of nitrogens with one attached hydrogen (secondary N) is 1. The minimum atomic E-state index is -0.102. The summed E-state index contributed by atoms with van der Waals surface area (Å²) in [5.41, 5.74) is 9.80. The molecule has 23 heavy (non-hydrogen) atoms. The molecular weight excluding hydrogens is 306 g/mol. The number of carbonyl (C=O) groups excluding carboxylic acids is 1. The first-order chi connectivity index (χ1) is 11.1. The van der Waals surface area contributed by atoms with Gasteiger partial charge in [-0.2, -0.15) is 0 Å². The molecule has 0 aliphatic heterocycles. The molecule has 0 aliphatic rings. The lowest BCUT2D eigenvalue weighted by Gasteiger charge is -2.09. The van der Waals surface area contributed by atoms with E-state index in [1.807, 2.05) is 50.2 Å². The van der Waals surface area contributed by atoms with Crippen LogP contribution in [0.1, 0.15) is 26.4 Å². The Morgan fingerprint density at radius 2 is 1.70 bits per heavy atom. The van der Waals surface area contributed by atoms with Crippen molar-refractivity contribution < 1.29 is 4.79 Å². The molecule has 0 saturated carbocycles. The largest absolute Gasteiger partial charge is 0.382 e. The summed E-state index contributed by atoms with van der Waals surface area (Å²) in [5, 5.41) is 3.91. The Morgan fingerprint density at radius 3 is 2.35 bits per heavy atom. The number of para-hydroxylation sites is 1. The summed E-state index contributed by atoms with van der Waals surface area (Å²) in [6.45, 7) is 4.06. The van der Waals surface area contributed by atoms with Gasteiger partial charge in [0.15, 0.2) is 5.13 Å². The summed E-state index contributed by atoms with van der Waals surface area (Å²) in [6, 6.07) is 15.2. The van der Waals surface area contributed by atoms with E-state index in [4.69, 9.17) is 5.73 Å². The van der Waals surface area contributed by atoms with Crippen LogP contribution in [0.15, 0.2) is 48.5 Å². The molecule has 1 aromatic heterocycles. The van der Waals surface area contributed by atoms with Gasteiger partial charge in [0.25, 0.3) is 0 Å². The molecular formula is C18H17N3OS. The van der Waals surface area contributed by atoms with E-state index in [1.54, 1.807) is 12.1 Å². The molecule has 3 N–H and O–H groups in total. The lowest BCUT2D eigenvalue weighted by Crippen LogP contribution is -2.02. The first-order valence-corrected chi connectivity index (χ1v) is 8.07. The number of thiazole rings is 1. The predicted molar refractivity (Wildman–Crippen MR) is 95.6 cm³/mol. The Balaban J connectivity index is 1.91. The van der Waals surface area contributed by atoms with Crippen LogP contribution in [-0.2, 0) is 0 Å². The summed E-state index contributed by atoms with van der Waals surface area (Å²) in [7, 11) is 0. The fourth-order valence-corrected chi connectivity index (χ4v) is 3.24. The van der Waals surface area contributed by atoms with Crippen LogP contribution in [0.2, 0.25) is 0 Å². The number of aromatic nitrogens is 1. The molecule has 0 unspecified atom stereocenters. The number of nitrogens with two attached hydrogens (primary N) is 1. The second kappa shape index (κ2) is 6.22. The van der Waals surface area contributed by atoms with Crippen LogP contribution in [0.3, 0.4) is 0 Å². The molecule has 0 saturated heterocycles. The highest BCUT2D eigenvalue weighted by molar-refractivity contribution is 7.18. The minimum absolute atomic E-state index is 0.102. The predicted octanol–water partition coefficient (Wildman–Crippen LogP) is 4.32. The Kier molecular flexibility index (Phi) is 4.12. The molecule has 0 atom stereocenters. The molecule has 0 amide bonds. The van der Waals surface area contributed by atoms with E-state index in [0.29, 0.717) is 15.6 Å². The second-order valence-electron chi connectivity index (χ2n) is 5.32. The highest BCUT2D eigenvalue weighted by atomic mass is 32.1. The van der Waals surface area contributed by atoms with Crippen LogP contribution < -0.4 is 11.1 Å². The average molecular weight is 323 g/mol. The number of carbonyl (C=O) groups is 1. The maximum atomic E-state index is 12.5. The molecule has 0 aliphatic carbocycles. The number of hydrogen-bond donors (Lipinski definition) is 2. The van der Waals surface area contributed by atoms with Crippen molar-refractivity contribution in [2.75, 3.05) is 11.1 Å². The number of nitrogen functional groups attached to an aromatic ring is 1. The Hall–Kier alpha value is -2.66. The van der Waals surface area contributed by atoms with Gasteiger partial charge < -0.3 is 11.1 Å². The molecule has 0 spiro atoms. The highest BCUT2D eigenvalue weighted by Crippen LogP contribution is 2.31. The fraction of sp³-hybridized carbons (Fsp3) is 0.111. The van der Waals surface area contributed by atoms with Gasteiger partial charge in [-0.3, -0.25) is 4.79 Å². The van der Waals surface area contributed by atoms with Crippen molar-refractivity contribution in [3.63, 3.8) is 0 Å². The van der Waals surface area contributed by atoms with Crippen molar-refractivity contribution in [1.82, 2.24) is 4.98 Å². The highest BCUT2D eigenvalue weighted by Gasteiger charge is 2.18. The first-order valence-electron chi connectivity index (χ1n) is 7.25. The van der Waals surface area contributed by atoms with Crippen LogP contribution in [0.5, 0.6) is 0 Å². The molecule has 3 rings (SSSR count). The molecule has 0 bridgehead atoms. The van der Waals surface area contributed by atoms with Crippen molar-refractivity contribution in [3.05, 3.63) is 70.1 Å². The lowest BCUT2D eigenvalue weighted by molar-refractivity contribution is 0.104. The number of benzene rings is 2. The molecule has 116 valence electrons. The smallest absolute Gasteiger partial charge is 0.206 e. The summed E-state index contributed by atoms with van der Waals surface area (Å²) < 4.78 is 0. The lowest BCUT2D eigenvalue weighted by atomic mass is 10.1. The Labute approximate surface area is 139 Å². The van der Waals surface area contributed by atoms with E-state index in [9.17, 15) is 4.79 Å². The second-order valence-corrected chi connectivity index (χ2v) is 6.32. The molecule has 2 aromatic carbocycles. The molecule has 0 radical (unpaired) electrons. The maximum Gasteiger partial charge on any atom is 0.206 e. The van der Waals surface area contributed by atoms with Gasteiger partial charge in [0.1, 0.15) is 10.7 Å². The third kappa shape index (κ3) is 3.10. The van der Waals surface area contributed by atoms with Crippen molar-refractivity contribution in [2.24, 2.45) is 0 Å². The van der Waals surface area contributed by atoms with Gasteiger partial charge in [0, 0.05) is 11.3 Å². The SMILES string of the molecule is Cc1cccc(C)c1Nc1nc(N)c(C(=O)c2ccccc2)s1. The average Bonchev–Trinajstić information content (AvgIpc) is 2.92. The van der Waals surface area contributed by atoms with Gasteiger partial charge in [-0.1, -0.05) is 59.9 Å². The van der Waals surface area contributed by atoms with E-state index in [0.717, 1.165) is 16.8 Å². The summed E-state index contributed by atoms with van der Waals surface area (Å²) >= 11 is 1.28. The number of rotatable bonds is 4. The van der Waals surface area contributed by atoms with Crippen molar-refractivity contribution in [1.29, 1.82) is 0 Å². The fourth-order valence-electron chi connectivity index (χ4n) is 2.39. The standard InChI is InChI=1S/C18H17N3OS/c1-11-7-6-8-12(2)14(11)20-18-21-17(19)16(23-18)15(22)13-9-4-3-5-10-13/h3-10H,19H2,1-2H3,(H,20,21). The number of hydrogen-bond acceptors (Lipinski definition) is 5. The van der Waals surface area contributed by atoms with Crippen LogP contribution in [-0.4, -0.2) is 10.8 Å². The number of nitrogens with zero attached hydrogens (tertiary/aromatic N) is 1. The molecule has 4 nitrogen and oxygen atoms in total. The van der Waals surface area contributed by atoms with Gasteiger partial charge in [0.05, 0.1) is 0 Å². The van der Waals surface area contributed by atoms with E-state index < -0.39 is 0 Å². The number of ketones is 1. The maximum absolute atomic E-state index is 12.5. The summed E-state index contributed by atoms with van der Waals surface area (Å²) in [4.78, 5) is 17.3. The van der Waals surface area contributed by atoms with E-state index >= 15 is 0 Å². The topological polar surface area (TPSA) is 68.0 Å². The van der Waals surface area contributed by atoms with Gasteiger partial charge in [-0.05, 0) is 25.0 Å². The summed E-state index contributed by atoms with van der Waals surface area (Å²) in [5.74, 6) is 0.160. The van der Waals surface area contributed by atoms with Crippen molar-refractivity contribution in [3.8, 4) is 0 Å².